The number of anilines is 1. The second-order valence-corrected chi connectivity index (χ2v) is 6.95. The zero-order chi connectivity index (χ0) is 14.0. The molecule has 0 atom stereocenters. The van der Waals surface area contributed by atoms with Gasteiger partial charge in [-0.15, -0.1) is 11.3 Å². The molecule has 0 saturated carbocycles. The summed E-state index contributed by atoms with van der Waals surface area (Å²) in [6.07, 6.45) is 0. The van der Waals surface area contributed by atoms with Crippen molar-refractivity contribution in [2.24, 2.45) is 0 Å². The summed E-state index contributed by atoms with van der Waals surface area (Å²) in [7, 11) is 1.67. The molecule has 0 aliphatic carbocycles. The topological polar surface area (TPSA) is 44.1 Å². The van der Waals surface area contributed by atoms with Crippen molar-refractivity contribution < 1.29 is 4.79 Å². The lowest BCUT2D eigenvalue weighted by atomic mass is 10.2. The van der Waals surface area contributed by atoms with Gasteiger partial charge in [-0.2, -0.15) is 5.26 Å². The summed E-state index contributed by atoms with van der Waals surface area (Å²) >= 11 is 8.08. The van der Waals surface area contributed by atoms with Crippen LogP contribution in [0.4, 0.5) is 5.69 Å². The predicted octanol–water partition coefficient (Wildman–Crippen LogP) is 4.42. The van der Waals surface area contributed by atoms with E-state index < -0.39 is 0 Å². The average molecular weight is 400 g/mol. The third kappa shape index (κ3) is 2.89. The fourth-order valence-electron chi connectivity index (χ4n) is 1.59. The van der Waals surface area contributed by atoms with Crippen molar-refractivity contribution in [3.8, 4) is 6.07 Å². The van der Waals surface area contributed by atoms with Crippen LogP contribution in [0.25, 0.3) is 0 Å². The first-order valence-corrected chi connectivity index (χ1v) is 7.67. The van der Waals surface area contributed by atoms with Gasteiger partial charge >= 0.3 is 0 Å². The van der Waals surface area contributed by atoms with Gasteiger partial charge in [-0.25, -0.2) is 0 Å². The quantitative estimate of drug-likeness (QED) is 0.750. The molecule has 3 nitrogen and oxygen atoms in total. The van der Waals surface area contributed by atoms with E-state index in [0.29, 0.717) is 16.1 Å². The molecule has 0 spiro atoms. The van der Waals surface area contributed by atoms with Gasteiger partial charge in [0.15, 0.2) is 0 Å². The normalized spacial score (nSPS) is 10.0. The molecule has 0 saturated heterocycles. The third-order valence-corrected chi connectivity index (χ3v) is 5.79. The van der Waals surface area contributed by atoms with Crippen LogP contribution in [0.2, 0.25) is 0 Å². The highest BCUT2D eigenvalue weighted by atomic mass is 79.9. The summed E-state index contributed by atoms with van der Waals surface area (Å²) in [6, 6.07) is 10.9. The van der Waals surface area contributed by atoms with E-state index in [1.54, 1.807) is 37.4 Å². The number of thiophene rings is 1. The SMILES string of the molecule is CN(C(=O)c1cc(Br)c(Br)s1)c1ccccc1C#N. The van der Waals surface area contributed by atoms with Crippen molar-refractivity contribution in [3.05, 3.63) is 49.0 Å². The van der Waals surface area contributed by atoms with Gasteiger partial charge in [0.1, 0.15) is 6.07 Å². The number of carbonyl (C=O) groups excluding carboxylic acids is 1. The molecule has 0 bridgehead atoms. The molecule has 19 heavy (non-hydrogen) atoms. The molecule has 2 rings (SSSR count). The van der Waals surface area contributed by atoms with E-state index in [2.05, 4.69) is 37.9 Å². The highest BCUT2D eigenvalue weighted by Gasteiger charge is 2.19. The van der Waals surface area contributed by atoms with Crippen LogP contribution in [0.15, 0.2) is 38.6 Å². The Morgan fingerprint density at radius 1 is 1.37 bits per heavy atom. The number of hydrogen-bond acceptors (Lipinski definition) is 3. The average Bonchev–Trinajstić information content (AvgIpc) is 2.77. The van der Waals surface area contributed by atoms with E-state index in [-0.39, 0.29) is 5.91 Å². The first kappa shape index (κ1) is 14.3. The monoisotopic (exact) mass is 398 g/mol. The van der Waals surface area contributed by atoms with E-state index in [1.807, 2.05) is 0 Å². The lowest BCUT2D eigenvalue weighted by Crippen LogP contribution is -2.26. The first-order chi connectivity index (χ1) is 9.04. The predicted molar refractivity (Wildman–Crippen MR) is 83.6 cm³/mol. The minimum atomic E-state index is -0.140. The number of hydrogen-bond donors (Lipinski definition) is 0. The van der Waals surface area contributed by atoms with Crippen LogP contribution in [0.3, 0.4) is 0 Å². The molecule has 0 fully saturated rings. The van der Waals surface area contributed by atoms with E-state index in [1.165, 1.54) is 16.2 Å². The Balaban J connectivity index is 2.36. The Hall–Kier alpha value is -1.16. The molecule has 0 aliphatic heterocycles. The largest absolute Gasteiger partial charge is 0.309 e. The van der Waals surface area contributed by atoms with Crippen LogP contribution in [0.5, 0.6) is 0 Å². The highest BCUT2D eigenvalue weighted by Crippen LogP contribution is 2.33. The smallest absolute Gasteiger partial charge is 0.268 e. The van der Waals surface area contributed by atoms with Crippen molar-refractivity contribution in [2.45, 2.75) is 0 Å². The van der Waals surface area contributed by atoms with Crippen LogP contribution in [-0.4, -0.2) is 13.0 Å². The second kappa shape index (κ2) is 5.87. The minimum Gasteiger partial charge on any atom is -0.309 e. The van der Waals surface area contributed by atoms with Crippen LogP contribution in [0.1, 0.15) is 15.2 Å². The van der Waals surface area contributed by atoms with Crippen LogP contribution in [0, 0.1) is 11.3 Å². The standard InChI is InChI=1S/C13H8Br2N2OS/c1-17(10-5-3-2-4-8(10)7-16)13(18)11-6-9(14)12(15)19-11/h2-6H,1H3. The molecular formula is C13H8Br2N2OS. The maximum absolute atomic E-state index is 12.4. The summed E-state index contributed by atoms with van der Waals surface area (Å²) in [5, 5.41) is 9.07. The Morgan fingerprint density at radius 2 is 2.05 bits per heavy atom. The molecular weight excluding hydrogens is 392 g/mol. The van der Waals surface area contributed by atoms with Crippen LogP contribution >= 0.6 is 43.2 Å². The maximum Gasteiger partial charge on any atom is 0.268 e. The summed E-state index contributed by atoms with van der Waals surface area (Å²) in [5.41, 5.74) is 1.09. The molecule has 1 amide bonds. The summed E-state index contributed by atoms with van der Waals surface area (Å²) in [4.78, 5) is 14.5. The van der Waals surface area contributed by atoms with E-state index >= 15 is 0 Å². The van der Waals surface area contributed by atoms with E-state index in [4.69, 9.17) is 5.26 Å². The number of benzene rings is 1. The van der Waals surface area contributed by atoms with Crippen LogP contribution < -0.4 is 4.90 Å². The van der Waals surface area contributed by atoms with Crippen molar-refractivity contribution in [1.82, 2.24) is 0 Å². The molecule has 96 valence electrons. The zero-order valence-electron chi connectivity index (χ0n) is 9.85. The van der Waals surface area contributed by atoms with Gasteiger partial charge < -0.3 is 4.90 Å². The summed E-state index contributed by atoms with van der Waals surface area (Å²) in [5.74, 6) is -0.140. The van der Waals surface area contributed by atoms with E-state index in [0.717, 1.165) is 8.26 Å². The van der Waals surface area contributed by atoms with Gasteiger partial charge in [0.05, 0.1) is 19.9 Å². The molecule has 2 aromatic rings. The number of para-hydroxylation sites is 1. The molecule has 0 N–H and O–H groups in total. The van der Waals surface area contributed by atoms with Gasteiger partial charge in [-0.1, -0.05) is 12.1 Å². The van der Waals surface area contributed by atoms with Crippen LogP contribution in [-0.2, 0) is 0 Å². The number of halogens is 2. The van der Waals surface area contributed by atoms with Gasteiger partial charge in [0, 0.05) is 11.5 Å². The Labute approximate surface area is 131 Å². The molecule has 1 aromatic carbocycles. The second-order valence-electron chi connectivity index (χ2n) is 3.73. The summed E-state index contributed by atoms with van der Waals surface area (Å²) in [6.45, 7) is 0. The van der Waals surface area contributed by atoms with Crippen molar-refractivity contribution in [2.75, 3.05) is 11.9 Å². The number of amides is 1. The Kier molecular flexibility index (Phi) is 4.40. The fraction of sp³-hybridized carbons (Fsp3) is 0.0769. The number of nitrogens with zero attached hydrogens (tertiary/aromatic N) is 2. The van der Waals surface area contributed by atoms with E-state index in [9.17, 15) is 4.79 Å². The molecule has 1 aromatic heterocycles. The molecule has 0 aliphatic rings. The minimum absolute atomic E-state index is 0.140. The lowest BCUT2D eigenvalue weighted by molar-refractivity contribution is 0.0997. The number of rotatable bonds is 2. The van der Waals surface area contributed by atoms with Gasteiger partial charge in [-0.3, -0.25) is 4.79 Å². The van der Waals surface area contributed by atoms with Crippen molar-refractivity contribution in [3.63, 3.8) is 0 Å². The molecule has 0 unspecified atom stereocenters. The molecule has 6 heteroatoms. The molecule has 0 radical (unpaired) electrons. The lowest BCUT2D eigenvalue weighted by Gasteiger charge is -2.17. The third-order valence-electron chi connectivity index (χ3n) is 2.55. The zero-order valence-corrected chi connectivity index (χ0v) is 13.8. The number of carbonyl (C=O) groups is 1. The molecule has 1 heterocycles. The maximum atomic E-state index is 12.4. The van der Waals surface area contributed by atoms with Crippen molar-refractivity contribution >= 4 is 54.8 Å². The Bertz CT molecular complexity index is 656. The van der Waals surface area contributed by atoms with Crippen molar-refractivity contribution in [1.29, 1.82) is 5.26 Å². The first-order valence-electron chi connectivity index (χ1n) is 5.26. The van der Waals surface area contributed by atoms with Gasteiger partial charge in [0.25, 0.3) is 5.91 Å². The van der Waals surface area contributed by atoms with Gasteiger partial charge in [-0.05, 0) is 50.1 Å². The van der Waals surface area contributed by atoms with Gasteiger partial charge in [0.2, 0.25) is 0 Å². The summed E-state index contributed by atoms with van der Waals surface area (Å²) < 4.78 is 1.72. The Morgan fingerprint density at radius 3 is 2.63 bits per heavy atom. The highest BCUT2D eigenvalue weighted by molar-refractivity contribution is 9.13. The fourth-order valence-corrected chi connectivity index (χ4v) is 3.60. The number of nitriles is 1.